The van der Waals surface area contributed by atoms with E-state index in [-0.39, 0.29) is 5.91 Å². The van der Waals surface area contributed by atoms with Gasteiger partial charge in [-0.25, -0.2) is 0 Å². The Morgan fingerprint density at radius 2 is 2.05 bits per heavy atom. The van der Waals surface area contributed by atoms with E-state index < -0.39 is 0 Å². The average molecular weight is 292 g/mol. The van der Waals surface area contributed by atoms with Crippen LogP contribution in [0.5, 0.6) is 0 Å². The fourth-order valence-corrected chi connectivity index (χ4v) is 2.65. The Morgan fingerprint density at radius 3 is 2.65 bits per heavy atom. The zero-order chi connectivity index (χ0) is 14.5. The van der Waals surface area contributed by atoms with Crippen molar-refractivity contribution in [1.82, 2.24) is 4.90 Å². The van der Waals surface area contributed by atoms with Crippen LogP contribution < -0.4 is 5.73 Å². The van der Waals surface area contributed by atoms with Crippen molar-refractivity contribution in [3.63, 3.8) is 0 Å². The maximum absolute atomic E-state index is 12.4. The molecule has 1 aromatic rings. The summed E-state index contributed by atoms with van der Waals surface area (Å²) in [5, 5.41) is 0. The molecule has 0 radical (unpaired) electrons. The molecule has 1 aromatic carbocycles. The van der Waals surface area contributed by atoms with Crippen LogP contribution in [0.4, 0.5) is 0 Å². The molecular weight excluding hydrogens is 272 g/mol. The van der Waals surface area contributed by atoms with E-state index in [9.17, 15) is 4.79 Å². The number of carbonyl (C=O) groups is 1. The van der Waals surface area contributed by atoms with Crippen LogP contribution in [0.3, 0.4) is 0 Å². The molecule has 0 aliphatic carbocycles. The number of carbonyl (C=O) groups excluding carboxylic acids is 1. The number of rotatable bonds is 4. The first-order valence-electron chi connectivity index (χ1n) is 6.80. The van der Waals surface area contributed by atoms with Crippen molar-refractivity contribution in [2.24, 2.45) is 11.7 Å². The number of nitrogens with two attached hydrogens (primary N) is 1. The Balaban J connectivity index is 2.02. The van der Waals surface area contributed by atoms with Gasteiger partial charge in [-0.15, -0.1) is 0 Å². The van der Waals surface area contributed by atoms with Crippen molar-refractivity contribution in [3.05, 3.63) is 35.4 Å². The van der Waals surface area contributed by atoms with Crippen molar-refractivity contribution >= 4 is 23.1 Å². The Morgan fingerprint density at radius 1 is 1.40 bits per heavy atom. The molecular formula is C15H20N2O2S. The topological polar surface area (TPSA) is 55.6 Å². The smallest absolute Gasteiger partial charge is 0.253 e. The van der Waals surface area contributed by atoms with E-state index in [0.29, 0.717) is 16.5 Å². The van der Waals surface area contributed by atoms with E-state index in [1.54, 1.807) is 13.2 Å². The molecule has 0 saturated carbocycles. The molecule has 1 amide bonds. The van der Waals surface area contributed by atoms with Crippen LogP contribution in [-0.4, -0.2) is 42.6 Å². The average Bonchev–Trinajstić information content (AvgIpc) is 2.48. The molecule has 108 valence electrons. The fourth-order valence-electron chi connectivity index (χ4n) is 2.53. The number of likely N-dealkylation sites (tertiary alicyclic amines) is 1. The summed E-state index contributed by atoms with van der Waals surface area (Å²) in [6, 6.07) is 7.22. The number of hydrogen-bond acceptors (Lipinski definition) is 3. The summed E-state index contributed by atoms with van der Waals surface area (Å²) >= 11 is 4.95. The highest BCUT2D eigenvalue weighted by atomic mass is 32.1. The van der Waals surface area contributed by atoms with Crippen molar-refractivity contribution in [2.45, 2.75) is 12.8 Å². The first kappa shape index (κ1) is 14.9. The molecule has 1 heterocycles. The summed E-state index contributed by atoms with van der Waals surface area (Å²) < 4.78 is 5.17. The van der Waals surface area contributed by atoms with Crippen molar-refractivity contribution in [1.29, 1.82) is 0 Å². The van der Waals surface area contributed by atoms with E-state index >= 15 is 0 Å². The Bertz CT molecular complexity index is 496. The number of benzene rings is 1. The lowest BCUT2D eigenvalue weighted by molar-refractivity contribution is 0.0613. The number of amides is 1. The molecule has 0 spiro atoms. The Kier molecular flexibility index (Phi) is 5.09. The van der Waals surface area contributed by atoms with E-state index in [4.69, 9.17) is 22.7 Å². The van der Waals surface area contributed by atoms with Gasteiger partial charge in [0.15, 0.2) is 0 Å². The molecule has 2 N–H and O–H groups in total. The lowest BCUT2D eigenvalue weighted by Gasteiger charge is -2.31. The minimum Gasteiger partial charge on any atom is -0.389 e. The second kappa shape index (κ2) is 6.81. The fraction of sp³-hybridized carbons (Fsp3) is 0.467. The Hall–Kier alpha value is -1.46. The van der Waals surface area contributed by atoms with Crippen LogP contribution >= 0.6 is 12.2 Å². The number of methoxy groups -OCH3 is 1. The van der Waals surface area contributed by atoms with Gasteiger partial charge in [0, 0.05) is 37.9 Å². The van der Waals surface area contributed by atoms with E-state index in [0.717, 1.165) is 38.1 Å². The second-order valence-corrected chi connectivity index (χ2v) is 5.58. The van der Waals surface area contributed by atoms with Gasteiger partial charge in [-0.2, -0.15) is 0 Å². The molecule has 0 atom stereocenters. The lowest BCUT2D eigenvalue weighted by Crippen LogP contribution is -2.39. The summed E-state index contributed by atoms with van der Waals surface area (Å²) in [4.78, 5) is 14.7. The SMILES string of the molecule is COCC1CCN(C(=O)c2cccc(C(N)=S)c2)CC1. The molecule has 1 aliphatic rings. The van der Waals surface area contributed by atoms with Gasteiger partial charge >= 0.3 is 0 Å². The third kappa shape index (κ3) is 3.55. The Labute approximate surface area is 124 Å². The third-order valence-corrected chi connectivity index (χ3v) is 3.93. The molecule has 4 nitrogen and oxygen atoms in total. The van der Waals surface area contributed by atoms with Crippen LogP contribution in [0.1, 0.15) is 28.8 Å². The van der Waals surface area contributed by atoms with Gasteiger partial charge in [0.05, 0.1) is 0 Å². The number of hydrogen-bond donors (Lipinski definition) is 1. The van der Waals surface area contributed by atoms with Gasteiger partial charge in [-0.1, -0.05) is 24.4 Å². The summed E-state index contributed by atoms with van der Waals surface area (Å²) in [6.07, 6.45) is 1.99. The predicted molar refractivity (Wildman–Crippen MR) is 82.8 cm³/mol. The van der Waals surface area contributed by atoms with Crippen LogP contribution in [0.15, 0.2) is 24.3 Å². The molecule has 0 bridgehead atoms. The maximum Gasteiger partial charge on any atom is 0.253 e. The van der Waals surface area contributed by atoms with Crippen LogP contribution in [0.2, 0.25) is 0 Å². The number of ether oxygens (including phenoxy) is 1. The second-order valence-electron chi connectivity index (χ2n) is 5.14. The summed E-state index contributed by atoms with van der Waals surface area (Å²) in [5.74, 6) is 0.617. The van der Waals surface area contributed by atoms with Gasteiger partial charge in [0.2, 0.25) is 0 Å². The minimum atomic E-state index is 0.0546. The quantitative estimate of drug-likeness (QED) is 0.860. The van der Waals surface area contributed by atoms with E-state index in [1.807, 2.05) is 23.1 Å². The van der Waals surface area contributed by atoms with Gasteiger partial charge in [-0.05, 0) is 30.9 Å². The zero-order valence-electron chi connectivity index (χ0n) is 11.7. The highest BCUT2D eigenvalue weighted by Crippen LogP contribution is 2.19. The summed E-state index contributed by atoms with van der Waals surface area (Å²) in [5.41, 5.74) is 6.99. The lowest BCUT2D eigenvalue weighted by atomic mass is 9.97. The highest BCUT2D eigenvalue weighted by molar-refractivity contribution is 7.80. The monoisotopic (exact) mass is 292 g/mol. The van der Waals surface area contributed by atoms with Gasteiger partial charge in [0.25, 0.3) is 5.91 Å². The summed E-state index contributed by atoms with van der Waals surface area (Å²) in [7, 11) is 1.72. The minimum absolute atomic E-state index is 0.0546. The van der Waals surface area contributed by atoms with Crippen LogP contribution in [0.25, 0.3) is 0 Å². The molecule has 0 aromatic heterocycles. The van der Waals surface area contributed by atoms with Crippen molar-refractivity contribution < 1.29 is 9.53 Å². The van der Waals surface area contributed by atoms with Gasteiger partial charge in [0.1, 0.15) is 4.99 Å². The van der Waals surface area contributed by atoms with E-state index in [1.165, 1.54) is 0 Å². The summed E-state index contributed by atoms with van der Waals surface area (Å²) in [6.45, 7) is 2.34. The van der Waals surface area contributed by atoms with Gasteiger partial charge < -0.3 is 15.4 Å². The number of thiocarbonyl (C=S) groups is 1. The standard InChI is InChI=1S/C15H20N2O2S/c1-19-10-11-5-7-17(8-6-11)15(18)13-4-2-3-12(9-13)14(16)20/h2-4,9,11H,5-8,10H2,1H3,(H2,16,20). The normalized spacial score (nSPS) is 16.1. The number of nitrogens with zero attached hydrogens (tertiary/aromatic N) is 1. The van der Waals surface area contributed by atoms with Crippen molar-refractivity contribution in [3.8, 4) is 0 Å². The molecule has 20 heavy (non-hydrogen) atoms. The third-order valence-electron chi connectivity index (χ3n) is 3.70. The first-order chi connectivity index (χ1) is 9.61. The maximum atomic E-state index is 12.4. The molecule has 1 saturated heterocycles. The van der Waals surface area contributed by atoms with Crippen LogP contribution in [-0.2, 0) is 4.74 Å². The predicted octanol–water partition coefficient (Wildman–Crippen LogP) is 1.82. The molecule has 1 fully saturated rings. The van der Waals surface area contributed by atoms with E-state index in [2.05, 4.69) is 0 Å². The molecule has 1 aliphatic heterocycles. The van der Waals surface area contributed by atoms with Crippen molar-refractivity contribution in [2.75, 3.05) is 26.8 Å². The van der Waals surface area contributed by atoms with Crippen LogP contribution in [0, 0.1) is 5.92 Å². The zero-order valence-corrected chi connectivity index (χ0v) is 12.5. The number of piperidine rings is 1. The molecule has 5 heteroatoms. The van der Waals surface area contributed by atoms with Gasteiger partial charge in [-0.3, -0.25) is 4.79 Å². The highest BCUT2D eigenvalue weighted by Gasteiger charge is 2.23. The largest absolute Gasteiger partial charge is 0.389 e. The first-order valence-corrected chi connectivity index (χ1v) is 7.20. The molecule has 0 unspecified atom stereocenters. The molecule has 2 rings (SSSR count).